The van der Waals surface area contributed by atoms with Gasteiger partial charge in [0.25, 0.3) is 17.5 Å². The summed E-state index contributed by atoms with van der Waals surface area (Å²) in [6.45, 7) is 1.41. The number of carboxylic acids is 1. The van der Waals surface area contributed by atoms with Crippen molar-refractivity contribution >= 4 is 23.5 Å². The van der Waals surface area contributed by atoms with Crippen molar-refractivity contribution in [2.45, 2.75) is 6.42 Å². The highest BCUT2D eigenvalue weighted by molar-refractivity contribution is 5.98. The van der Waals surface area contributed by atoms with Crippen molar-refractivity contribution in [1.82, 2.24) is 9.80 Å². The second-order valence-electron chi connectivity index (χ2n) is 6.63. The molecule has 1 saturated heterocycles. The zero-order chi connectivity index (χ0) is 21.0. The molecule has 1 fully saturated rings. The predicted molar refractivity (Wildman–Crippen MR) is 103 cm³/mol. The van der Waals surface area contributed by atoms with Crippen LogP contribution in [0.15, 0.2) is 48.5 Å². The molecule has 0 bridgehead atoms. The molecule has 2 aromatic rings. The maximum Gasteiger partial charge on any atom is 0.335 e. The summed E-state index contributed by atoms with van der Waals surface area (Å²) < 4.78 is 0. The van der Waals surface area contributed by atoms with Crippen LogP contribution >= 0.6 is 0 Å². The summed E-state index contributed by atoms with van der Waals surface area (Å²) in [7, 11) is 0. The molecule has 1 aliphatic heterocycles. The van der Waals surface area contributed by atoms with Gasteiger partial charge in [-0.15, -0.1) is 0 Å². The van der Waals surface area contributed by atoms with Crippen LogP contribution in [0.2, 0.25) is 0 Å². The molecule has 9 nitrogen and oxygen atoms in total. The fourth-order valence-electron chi connectivity index (χ4n) is 3.23. The Morgan fingerprint density at radius 1 is 0.828 bits per heavy atom. The SMILES string of the molecule is O=C(O)c1cc(C(=O)N2CCCN(C(=O)c3ccccc3)CC2)cc([N+](=O)[O-])c1. The van der Waals surface area contributed by atoms with Crippen molar-refractivity contribution in [3.63, 3.8) is 0 Å². The summed E-state index contributed by atoms with van der Waals surface area (Å²) in [6.07, 6.45) is 0.547. The summed E-state index contributed by atoms with van der Waals surface area (Å²) in [6, 6.07) is 12.0. The lowest BCUT2D eigenvalue weighted by atomic mass is 10.1. The number of rotatable bonds is 4. The molecule has 0 radical (unpaired) electrons. The van der Waals surface area contributed by atoms with E-state index in [4.69, 9.17) is 5.11 Å². The first-order valence-electron chi connectivity index (χ1n) is 9.03. The van der Waals surface area contributed by atoms with Crippen LogP contribution in [0.4, 0.5) is 5.69 Å². The smallest absolute Gasteiger partial charge is 0.335 e. The van der Waals surface area contributed by atoms with Gasteiger partial charge in [0, 0.05) is 49.4 Å². The van der Waals surface area contributed by atoms with E-state index in [1.54, 1.807) is 29.2 Å². The molecule has 9 heteroatoms. The average Bonchev–Trinajstić information content (AvgIpc) is 2.99. The first kappa shape index (κ1) is 20.0. The highest BCUT2D eigenvalue weighted by Gasteiger charge is 2.25. The van der Waals surface area contributed by atoms with E-state index in [2.05, 4.69) is 0 Å². The highest BCUT2D eigenvalue weighted by Crippen LogP contribution is 2.20. The summed E-state index contributed by atoms with van der Waals surface area (Å²) in [5.74, 6) is -1.97. The largest absolute Gasteiger partial charge is 0.478 e. The monoisotopic (exact) mass is 397 g/mol. The Morgan fingerprint density at radius 3 is 1.93 bits per heavy atom. The number of benzene rings is 2. The number of aromatic carboxylic acids is 1. The quantitative estimate of drug-likeness (QED) is 0.624. The van der Waals surface area contributed by atoms with Crippen molar-refractivity contribution in [2.75, 3.05) is 26.2 Å². The minimum absolute atomic E-state index is 0.0561. The Balaban J connectivity index is 1.76. The molecule has 2 amide bonds. The van der Waals surface area contributed by atoms with Gasteiger partial charge in [0.05, 0.1) is 10.5 Å². The van der Waals surface area contributed by atoms with Gasteiger partial charge in [-0.1, -0.05) is 18.2 Å². The van der Waals surface area contributed by atoms with E-state index in [0.717, 1.165) is 18.2 Å². The lowest BCUT2D eigenvalue weighted by Crippen LogP contribution is -2.37. The molecule has 29 heavy (non-hydrogen) atoms. The van der Waals surface area contributed by atoms with Gasteiger partial charge in [-0.3, -0.25) is 19.7 Å². The van der Waals surface area contributed by atoms with Crippen molar-refractivity contribution in [3.05, 3.63) is 75.3 Å². The van der Waals surface area contributed by atoms with Gasteiger partial charge in [0.1, 0.15) is 0 Å². The van der Waals surface area contributed by atoms with E-state index in [1.165, 1.54) is 4.90 Å². The Labute approximate surface area is 166 Å². The van der Waals surface area contributed by atoms with Crippen LogP contribution in [0.1, 0.15) is 37.5 Å². The number of carboxylic acid groups (broad SMARTS) is 1. The Kier molecular flexibility index (Phi) is 5.87. The fourth-order valence-corrected chi connectivity index (χ4v) is 3.23. The van der Waals surface area contributed by atoms with E-state index < -0.39 is 22.5 Å². The van der Waals surface area contributed by atoms with Crippen LogP contribution in [-0.4, -0.2) is 63.8 Å². The third-order valence-corrected chi connectivity index (χ3v) is 4.71. The fraction of sp³-hybridized carbons (Fsp3) is 0.250. The van der Waals surface area contributed by atoms with Crippen LogP contribution in [0.3, 0.4) is 0 Å². The van der Waals surface area contributed by atoms with Gasteiger partial charge >= 0.3 is 5.97 Å². The van der Waals surface area contributed by atoms with Gasteiger partial charge in [-0.05, 0) is 24.6 Å². The molecule has 3 rings (SSSR count). The minimum Gasteiger partial charge on any atom is -0.478 e. The highest BCUT2D eigenvalue weighted by atomic mass is 16.6. The zero-order valence-electron chi connectivity index (χ0n) is 15.5. The molecule has 0 aromatic heterocycles. The molecule has 1 N–H and O–H groups in total. The molecular formula is C20H19N3O6. The third kappa shape index (κ3) is 4.57. The molecule has 0 aliphatic carbocycles. The number of amides is 2. The average molecular weight is 397 g/mol. The zero-order valence-corrected chi connectivity index (χ0v) is 15.5. The van der Waals surface area contributed by atoms with E-state index in [-0.39, 0.29) is 23.6 Å². The van der Waals surface area contributed by atoms with Crippen molar-refractivity contribution in [2.24, 2.45) is 0 Å². The van der Waals surface area contributed by atoms with E-state index in [1.807, 2.05) is 6.07 Å². The third-order valence-electron chi connectivity index (χ3n) is 4.71. The molecule has 150 valence electrons. The van der Waals surface area contributed by atoms with Gasteiger partial charge in [-0.2, -0.15) is 0 Å². The van der Waals surface area contributed by atoms with Crippen LogP contribution in [-0.2, 0) is 0 Å². The van der Waals surface area contributed by atoms with Gasteiger partial charge in [0.2, 0.25) is 0 Å². The van der Waals surface area contributed by atoms with Gasteiger partial charge < -0.3 is 14.9 Å². The van der Waals surface area contributed by atoms with Crippen molar-refractivity contribution < 1.29 is 24.4 Å². The molecule has 2 aromatic carbocycles. The van der Waals surface area contributed by atoms with Crippen molar-refractivity contribution in [3.8, 4) is 0 Å². The Hall–Kier alpha value is -3.75. The predicted octanol–water partition coefficient (Wildman–Crippen LogP) is 2.28. The molecular weight excluding hydrogens is 378 g/mol. The summed E-state index contributed by atoms with van der Waals surface area (Å²) >= 11 is 0. The molecule has 0 saturated carbocycles. The Morgan fingerprint density at radius 2 is 1.38 bits per heavy atom. The number of hydrogen-bond donors (Lipinski definition) is 1. The van der Waals surface area contributed by atoms with E-state index >= 15 is 0 Å². The summed E-state index contributed by atoms with van der Waals surface area (Å²) in [4.78, 5) is 50.2. The molecule has 1 heterocycles. The van der Waals surface area contributed by atoms with Crippen LogP contribution < -0.4 is 0 Å². The Bertz CT molecular complexity index is 928. The van der Waals surface area contributed by atoms with Gasteiger partial charge in [0.15, 0.2) is 0 Å². The number of non-ortho nitro benzene ring substituents is 1. The second-order valence-corrected chi connectivity index (χ2v) is 6.63. The minimum atomic E-state index is -1.35. The molecule has 0 atom stereocenters. The number of nitrogens with zero attached hydrogens (tertiary/aromatic N) is 3. The number of carbonyl (C=O) groups is 3. The van der Waals surface area contributed by atoms with E-state index in [0.29, 0.717) is 31.6 Å². The number of nitro benzene ring substituents is 1. The van der Waals surface area contributed by atoms with Crippen LogP contribution in [0, 0.1) is 10.1 Å². The van der Waals surface area contributed by atoms with Gasteiger partial charge in [-0.25, -0.2) is 4.79 Å². The normalized spacial score (nSPS) is 14.2. The van der Waals surface area contributed by atoms with Crippen molar-refractivity contribution in [1.29, 1.82) is 0 Å². The first-order chi connectivity index (χ1) is 13.9. The topological polar surface area (TPSA) is 121 Å². The first-order valence-corrected chi connectivity index (χ1v) is 9.03. The van der Waals surface area contributed by atoms with Crippen LogP contribution in [0.25, 0.3) is 0 Å². The standard InChI is InChI=1S/C20H19N3O6/c24-18(14-5-2-1-3-6-14)21-7-4-8-22(10-9-21)19(25)15-11-16(20(26)27)13-17(12-15)23(28)29/h1-3,5-6,11-13H,4,7-10H2,(H,26,27). The lowest BCUT2D eigenvalue weighted by molar-refractivity contribution is -0.384. The number of hydrogen-bond acceptors (Lipinski definition) is 5. The second kappa shape index (κ2) is 8.51. The van der Waals surface area contributed by atoms with Crippen LogP contribution in [0.5, 0.6) is 0 Å². The van der Waals surface area contributed by atoms with E-state index in [9.17, 15) is 24.5 Å². The maximum absolute atomic E-state index is 12.9. The number of carbonyl (C=O) groups excluding carboxylic acids is 2. The number of nitro groups is 1. The molecule has 1 aliphatic rings. The summed E-state index contributed by atoms with van der Waals surface area (Å²) in [5.41, 5.74) is -0.265. The molecule has 0 unspecified atom stereocenters. The molecule has 0 spiro atoms. The maximum atomic E-state index is 12.9. The summed E-state index contributed by atoms with van der Waals surface area (Å²) in [5, 5.41) is 20.2. The lowest BCUT2D eigenvalue weighted by Gasteiger charge is -2.22.